The number of para-hydroxylation sites is 1. The molecule has 1 aliphatic heterocycles. The molecule has 2 aromatic carbocycles. The Labute approximate surface area is 246 Å². The number of ketones is 2. The standard InChI is InChI=1S/C27H18Br3N3O6/c1-39-19-10-14(22(29)23(30)25(19)36)20-13-7-8-31-26(37)32(12-5-3-2-4-6-12)27(38)33(31)17(13)9-15-21(20)18(34)11-16(28)24(15)35/h2-7,10-11,17,20,36H,8-9H2,1H3. The van der Waals surface area contributed by atoms with E-state index in [-0.39, 0.29) is 51.7 Å². The highest BCUT2D eigenvalue weighted by atomic mass is 79.9. The molecular weight excluding hydrogens is 702 g/mol. The van der Waals surface area contributed by atoms with E-state index in [0.29, 0.717) is 25.8 Å². The highest BCUT2D eigenvalue weighted by Gasteiger charge is 2.46. The van der Waals surface area contributed by atoms with Crippen LogP contribution in [-0.4, -0.2) is 37.7 Å². The molecule has 3 aliphatic rings. The monoisotopic (exact) mass is 717 g/mol. The number of ether oxygens (including phenoxy) is 1. The van der Waals surface area contributed by atoms with Gasteiger partial charge < -0.3 is 9.84 Å². The van der Waals surface area contributed by atoms with Crippen LogP contribution < -0.4 is 16.1 Å². The summed E-state index contributed by atoms with van der Waals surface area (Å²) in [5.41, 5.74) is 1.18. The maximum absolute atomic E-state index is 13.8. The molecule has 9 nitrogen and oxygen atoms in total. The first kappa shape index (κ1) is 26.0. The molecule has 0 fully saturated rings. The lowest BCUT2D eigenvalue weighted by molar-refractivity contribution is -0.115. The van der Waals surface area contributed by atoms with Crippen molar-refractivity contribution in [3.05, 3.63) is 105 Å². The Kier molecular flexibility index (Phi) is 6.31. The molecule has 1 N–H and O–H groups in total. The summed E-state index contributed by atoms with van der Waals surface area (Å²) in [7, 11) is 1.41. The van der Waals surface area contributed by atoms with E-state index in [2.05, 4.69) is 47.8 Å². The van der Waals surface area contributed by atoms with E-state index >= 15 is 0 Å². The maximum atomic E-state index is 13.8. The highest BCUT2D eigenvalue weighted by Crippen LogP contribution is 2.54. The Morgan fingerprint density at radius 2 is 1.72 bits per heavy atom. The van der Waals surface area contributed by atoms with Gasteiger partial charge in [0.2, 0.25) is 0 Å². The maximum Gasteiger partial charge on any atom is 0.352 e. The number of methoxy groups -OCH3 is 1. The summed E-state index contributed by atoms with van der Waals surface area (Å²) in [5, 5.41) is 10.6. The molecule has 12 heteroatoms. The average molecular weight is 720 g/mol. The predicted molar refractivity (Wildman–Crippen MR) is 153 cm³/mol. The number of carbonyl (C=O) groups is 2. The summed E-state index contributed by atoms with van der Waals surface area (Å²) in [5.74, 6) is -1.43. The van der Waals surface area contributed by atoms with Gasteiger partial charge in [-0.25, -0.2) is 23.5 Å². The van der Waals surface area contributed by atoms with E-state index in [1.54, 1.807) is 36.4 Å². The lowest BCUT2D eigenvalue weighted by Gasteiger charge is -2.39. The van der Waals surface area contributed by atoms with Gasteiger partial charge in [-0.05, 0) is 77.1 Å². The summed E-state index contributed by atoms with van der Waals surface area (Å²) in [6.45, 7) is 0.0918. The number of nitrogens with zero attached hydrogens (tertiary/aromatic N) is 3. The van der Waals surface area contributed by atoms with Crippen LogP contribution in [0.4, 0.5) is 0 Å². The van der Waals surface area contributed by atoms with E-state index in [0.717, 1.165) is 4.57 Å². The van der Waals surface area contributed by atoms with Crippen LogP contribution in [0.3, 0.4) is 0 Å². The van der Waals surface area contributed by atoms with Crippen molar-refractivity contribution < 1.29 is 19.4 Å². The van der Waals surface area contributed by atoms with Gasteiger partial charge in [-0.3, -0.25) is 9.59 Å². The van der Waals surface area contributed by atoms with Crippen molar-refractivity contribution in [3.8, 4) is 17.2 Å². The number of phenols is 1. The van der Waals surface area contributed by atoms with Gasteiger partial charge in [0.25, 0.3) is 0 Å². The Morgan fingerprint density at radius 3 is 2.41 bits per heavy atom. The van der Waals surface area contributed by atoms with Gasteiger partial charge >= 0.3 is 11.4 Å². The first-order chi connectivity index (χ1) is 18.6. The number of phenolic OH excluding ortho intramolecular Hbond substituents is 1. The number of carbonyl (C=O) groups excluding carboxylic acids is 2. The van der Waals surface area contributed by atoms with Gasteiger partial charge in [0.15, 0.2) is 23.1 Å². The molecule has 0 bridgehead atoms. The summed E-state index contributed by atoms with van der Waals surface area (Å²) < 4.78 is 10.1. The third-order valence-electron chi connectivity index (χ3n) is 7.32. The average Bonchev–Trinajstić information content (AvgIpc) is 3.19. The Bertz CT molecular complexity index is 1830. The van der Waals surface area contributed by atoms with Crippen LogP contribution in [0.25, 0.3) is 5.69 Å². The van der Waals surface area contributed by atoms with Gasteiger partial charge in [0, 0.05) is 34.0 Å². The Morgan fingerprint density at radius 1 is 1.00 bits per heavy atom. The van der Waals surface area contributed by atoms with Gasteiger partial charge in [-0.1, -0.05) is 24.3 Å². The van der Waals surface area contributed by atoms with Gasteiger partial charge in [-0.15, -0.1) is 0 Å². The lowest BCUT2D eigenvalue weighted by Crippen LogP contribution is -2.40. The topological polar surface area (TPSA) is 113 Å². The Balaban J connectivity index is 1.63. The molecule has 39 heavy (non-hydrogen) atoms. The van der Waals surface area contributed by atoms with Crippen LogP contribution >= 0.6 is 47.8 Å². The summed E-state index contributed by atoms with van der Waals surface area (Å²) in [6, 6.07) is 9.52. The van der Waals surface area contributed by atoms with E-state index in [1.807, 2.05) is 6.08 Å². The second-order valence-electron chi connectivity index (χ2n) is 9.24. The number of rotatable bonds is 3. The second kappa shape index (κ2) is 9.46. The fourth-order valence-corrected chi connectivity index (χ4v) is 7.01. The molecule has 0 spiro atoms. The molecule has 2 heterocycles. The van der Waals surface area contributed by atoms with Crippen molar-refractivity contribution in [2.24, 2.45) is 0 Å². The van der Waals surface area contributed by atoms with Gasteiger partial charge in [0.05, 0.1) is 34.3 Å². The molecule has 2 aliphatic carbocycles. The molecule has 198 valence electrons. The van der Waals surface area contributed by atoms with Crippen molar-refractivity contribution in [1.29, 1.82) is 0 Å². The number of aromatic hydroxyl groups is 1. The fraction of sp³-hybridized carbons (Fsp3) is 0.185. The molecule has 0 saturated heterocycles. The molecule has 2 unspecified atom stereocenters. The van der Waals surface area contributed by atoms with Crippen molar-refractivity contribution in [3.63, 3.8) is 0 Å². The zero-order valence-corrected chi connectivity index (χ0v) is 24.9. The number of hydrogen-bond acceptors (Lipinski definition) is 6. The molecule has 0 amide bonds. The van der Waals surface area contributed by atoms with Crippen molar-refractivity contribution in [1.82, 2.24) is 13.9 Å². The predicted octanol–water partition coefficient (Wildman–Crippen LogP) is 4.44. The molecule has 6 rings (SSSR count). The molecule has 0 radical (unpaired) electrons. The SMILES string of the molecule is COc1cc(C2C3=CCn4c(=O)n(-c5ccccc5)c(=O)n4C3CC3=C2C(=O)C=C(Br)C3=O)c(Br)c(Br)c1O. The van der Waals surface area contributed by atoms with E-state index in [1.165, 1.54) is 22.5 Å². The van der Waals surface area contributed by atoms with Gasteiger partial charge in [0.1, 0.15) is 0 Å². The van der Waals surface area contributed by atoms with Crippen LogP contribution in [0, 0.1) is 0 Å². The van der Waals surface area contributed by atoms with E-state index < -0.39 is 23.3 Å². The third kappa shape index (κ3) is 3.75. The minimum absolute atomic E-state index is 0.0529. The summed E-state index contributed by atoms with van der Waals surface area (Å²) in [6.07, 6.45) is 3.14. The van der Waals surface area contributed by atoms with E-state index in [9.17, 15) is 24.3 Å². The van der Waals surface area contributed by atoms with Crippen LogP contribution in [0.2, 0.25) is 0 Å². The first-order valence-electron chi connectivity index (χ1n) is 11.8. The lowest BCUT2D eigenvalue weighted by atomic mass is 9.69. The molecular formula is C27H18Br3N3O6. The normalized spacial score (nSPS) is 20.2. The number of allylic oxidation sites excluding steroid dienone is 6. The number of Topliss-reactive ketones (excluding diaryl/α,β-unsaturated/α-hetero) is 1. The summed E-state index contributed by atoms with van der Waals surface area (Å²) >= 11 is 10.1. The van der Waals surface area contributed by atoms with Crippen LogP contribution in [0.15, 0.2) is 88.3 Å². The zero-order valence-electron chi connectivity index (χ0n) is 20.2. The number of halogens is 3. The smallest absolute Gasteiger partial charge is 0.352 e. The van der Waals surface area contributed by atoms with Crippen molar-refractivity contribution in [2.75, 3.05) is 7.11 Å². The highest BCUT2D eigenvalue weighted by molar-refractivity contribution is 9.13. The number of hydrogen-bond donors (Lipinski definition) is 1. The van der Waals surface area contributed by atoms with Crippen LogP contribution in [0.5, 0.6) is 11.5 Å². The Hall–Kier alpha value is -3.22. The molecule has 0 saturated carbocycles. The number of aromatic nitrogens is 3. The third-order valence-corrected chi connectivity index (χ3v) is 10.1. The number of fused-ring (bicyclic) bond motifs is 3. The van der Waals surface area contributed by atoms with Gasteiger partial charge in [-0.2, -0.15) is 0 Å². The quantitative estimate of drug-likeness (QED) is 0.317. The van der Waals surface area contributed by atoms with E-state index in [4.69, 9.17) is 4.74 Å². The largest absolute Gasteiger partial charge is 0.503 e. The minimum Gasteiger partial charge on any atom is -0.503 e. The zero-order chi connectivity index (χ0) is 27.7. The van der Waals surface area contributed by atoms with Crippen molar-refractivity contribution in [2.45, 2.75) is 24.9 Å². The van der Waals surface area contributed by atoms with Crippen LogP contribution in [-0.2, 0) is 16.1 Å². The fourth-order valence-electron chi connectivity index (χ4n) is 5.61. The number of benzene rings is 2. The second-order valence-corrected chi connectivity index (χ2v) is 11.7. The molecule has 1 aromatic heterocycles. The first-order valence-corrected chi connectivity index (χ1v) is 14.2. The van der Waals surface area contributed by atoms with Crippen molar-refractivity contribution >= 4 is 59.4 Å². The summed E-state index contributed by atoms with van der Waals surface area (Å²) in [4.78, 5) is 54.0. The molecule has 3 aromatic rings. The minimum atomic E-state index is -0.761. The van der Waals surface area contributed by atoms with Crippen LogP contribution in [0.1, 0.15) is 23.9 Å². The molecule has 2 atom stereocenters.